The molecule has 1 fully saturated rings. The molecule has 1 aromatic rings. The zero-order valence-electron chi connectivity index (χ0n) is 10.3. The average Bonchev–Trinajstić information content (AvgIpc) is 2.82. The molecule has 1 heterocycles. The highest BCUT2D eigenvalue weighted by Crippen LogP contribution is 2.21. The van der Waals surface area contributed by atoms with Crippen molar-refractivity contribution in [3.05, 3.63) is 17.5 Å². The monoisotopic (exact) mass is 251 g/mol. The number of carboxylic acids is 1. The molecule has 1 aliphatic carbocycles. The molecule has 2 N–H and O–H groups in total. The maximum atomic E-state index is 11.0. The van der Waals surface area contributed by atoms with E-state index in [1.807, 2.05) is 0 Å². The highest BCUT2D eigenvalue weighted by atomic mass is 16.5. The highest BCUT2D eigenvalue weighted by molar-refractivity contribution is 5.88. The lowest BCUT2D eigenvalue weighted by molar-refractivity contribution is 0.0690. The van der Waals surface area contributed by atoms with Crippen LogP contribution in [0.5, 0.6) is 0 Å². The molecule has 2 rings (SSSR count). The summed E-state index contributed by atoms with van der Waals surface area (Å²) in [6.45, 7) is 0.170. The molecule has 0 atom stereocenters. The quantitative estimate of drug-likeness (QED) is 0.828. The van der Waals surface area contributed by atoms with Gasteiger partial charge in [-0.3, -0.25) is 0 Å². The molecule has 0 bridgehead atoms. The van der Waals surface area contributed by atoms with E-state index in [1.165, 1.54) is 26.1 Å². The maximum Gasteiger partial charge on any atom is 0.339 e. The van der Waals surface area contributed by atoms with Gasteiger partial charge < -0.3 is 15.2 Å². The summed E-state index contributed by atoms with van der Waals surface area (Å²) in [4.78, 5) is 19.3. The third kappa shape index (κ3) is 2.95. The van der Waals surface area contributed by atoms with Crippen molar-refractivity contribution in [1.82, 2.24) is 9.97 Å². The molecular formula is C12H17N3O3. The summed E-state index contributed by atoms with van der Waals surface area (Å²) in [7, 11) is 1.51. The number of aromatic nitrogens is 2. The first kappa shape index (κ1) is 12.8. The van der Waals surface area contributed by atoms with Crippen LogP contribution in [0.2, 0.25) is 0 Å². The van der Waals surface area contributed by atoms with Gasteiger partial charge in [-0.2, -0.15) is 0 Å². The second kappa shape index (κ2) is 5.77. The van der Waals surface area contributed by atoms with Gasteiger partial charge in [0.15, 0.2) is 0 Å². The number of carboxylic acid groups (broad SMARTS) is 1. The fourth-order valence-corrected chi connectivity index (χ4v) is 2.16. The molecule has 6 nitrogen and oxygen atoms in total. The SMILES string of the molecule is COCc1nc(NC2CCCC2)ncc1C(=O)O. The number of carbonyl (C=O) groups is 1. The molecule has 0 radical (unpaired) electrons. The third-order valence-corrected chi connectivity index (χ3v) is 3.07. The number of ether oxygens (including phenoxy) is 1. The van der Waals surface area contributed by atoms with Gasteiger partial charge in [0.1, 0.15) is 5.56 Å². The minimum absolute atomic E-state index is 0.0915. The van der Waals surface area contributed by atoms with Crippen LogP contribution in [0.4, 0.5) is 5.95 Å². The predicted molar refractivity (Wildman–Crippen MR) is 65.6 cm³/mol. The lowest BCUT2D eigenvalue weighted by Crippen LogP contribution is -2.18. The highest BCUT2D eigenvalue weighted by Gasteiger charge is 2.18. The van der Waals surface area contributed by atoms with Gasteiger partial charge in [-0.25, -0.2) is 14.8 Å². The van der Waals surface area contributed by atoms with Crippen molar-refractivity contribution in [3.8, 4) is 0 Å². The number of hydrogen-bond donors (Lipinski definition) is 2. The summed E-state index contributed by atoms with van der Waals surface area (Å²) < 4.78 is 4.96. The molecule has 98 valence electrons. The van der Waals surface area contributed by atoms with E-state index < -0.39 is 5.97 Å². The van der Waals surface area contributed by atoms with E-state index in [-0.39, 0.29) is 12.2 Å². The fourth-order valence-electron chi connectivity index (χ4n) is 2.16. The van der Waals surface area contributed by atoms with Crippen LogP contribution in [0.3, 0.4) is 0 Å². The van der Waals surface area contributed by atoms with Crippen molar-refractivity contribution in [2.45, 2.75) is 38.3 Å². The Balaban J connectivity index is 2.16. The van der Waals surface area contributed by atoms with Crippen LogP contribution >= 0.6 is 0 Å². The molecular weight excluding hydrogens is 234 g/mol. The van der Waals surface area contributed by atoms with E-state index in [2.05, 4.69) is 15.3 Å². The Bertz CT molecular complexity index is 431. The normalized spacial score (nSPS) is 15.8. The fraction of sp³-hybridized carbons (Fsp3) is 0.583. The Kier molecular flexibility index (Phi) is 4.09. The molecule has 0 unspecified atom stereocenters. The van der Waals surface area contributed by atoms with Gasteiger partial charge in [-0.15, -0.1) is 0 Å². The van der Waals surface area contributed by atoms with Crippen molar-refractivity contribution in [2.24, 2.45) is 0 Å². The van der Waals surface area contributed by atoms with Crippen LogP contribution in [0.1, 0.15) is 41.7 Å². The van der Waals surface area contributed by atoms with E-state index in [0.29, 0.717) is 17.7 Å². The molecule has 1 saturated carbocycles. The molecule has 0 saturated heterocycles. The standard InChI is InChI=1S/C12H17N3O3/c1-18-7-10-9(11(16)17)6-13-12(15-10)14-8-4-2-3-5-8/h6,8H,2-5,7H2,1H3,(H,16,17)(H,13,14,15). The molecule has 1 aromatic heterocycles. The number of nitrogens with one attached hydrogen (secondary N) is 1. The molecule has 0 amide bonds. The predicted octanol–water partition coefficient (Wildman–Crippen LogP) is 1.68. The summed E-state index contributed by atoms with van der Waals surface area (Å²) in [6, 6.07) is 0.399. The molecule has 0 spiro atoms. The molecule has 18 heavy (non-hydrogen) atoms. The summed E-state index contributed by atoms with van der Waals surface area (Å²) >= 11 is 0. The third-order valence-electron chi connectivity index (χ3n) is 3.07. The van der Waals surface area contributed by atoms with Crippen molar-refractivity contribution < 1.29 is 14.6 Å². The summed E-state index contributed by atoms with van der Waals surface area (Å²) in [5.41, 5.74) is 0.495. The molecule has 6 heteroatoms. The minimum atomic E-state index is -1.03. The summed E-state index contributed by atoms with van der Waals surface area (Å²) in [5, 5.41) is 12.2. The number of methoxy groups -OCH3 is 1. The molecule has 0 aromatic carbocycles. The van der Waals surface area contributed by atoms with E-state index in [9.17, 15) is 4.79 Å². The second-order valence-electron chi connectivity index (χ2n) is 4.42. The zero-order valence-corrected chi connectivity index (χ0v) is 10.3. The average molecular weight is 251 g/mol. The number of aromatic carboxylic acids is 1. The largest absolute Gasteiger partial charge is 0.478 e. The van der Waals surface area contributed by atoms with Crippen LogP contribution < -0.4 is 5.32 Å². The summed E-state index contributed by atoms with van der Waals surface area (Å²) in [5.74, 6) is -0.548. The van der Waals surface area contributed by atoms with E-state index in [0.717, 1.165) is 12.8 Å². The van der Waals surface area contributed by atoms with Crippen LogP contribution in [-0.2, 0) is 11.3 Å². The molecule has 0 aliphatic heterocycles. The van der Waals surface area contributed by atoms with Crippen LogP contribution in [0.15, 0.2) is 6.20 Å². The summed E-state index contributed by atoms with van der Waals surface area (Å²) in [6.07, 6.45) is 6.00. The van der Waals surface area contributed by atoms with Gasteiger partial charge >= 0.3 is 5.97 Å². The smallest absolute Gasteiger partial charge is 0.339 e. The van der Waals surface area contributed by atoms with E-state index >= 15 is 0 Å². The lowest BCUT2D eigenvalue weighted by atomic mass is 10.2. The van der Waals surface area contributed by atoms with Gasteiger partial charge in [0, 0.05) is 19.3 Å². The van der Waals surface area contributed by atoms with Gasteiger partial charge in [0.2, 0.25) is 5.95 Å². The number of anilines is 1. The second-order valence-corrected chi connectivity index (χ2v) is 4.42. The van der Waals surface area contributed by atoms with Crippen LogP contribution in [0.25, 0.3) is 0 Å². The minimum Gasteiger partial charge on any atom is -0.478 e. The Morgan fingerprint density at radius 3 is 2.89 bits per heavy atom. The Labute approximate surface area is 105 Å². The zero-order chi connectivity index (χ0) is 13.0. The number of hydrogen-bond acceptors (Lipinski definition) is 5. The van der Waals surface area contributed by atoms with Crippen molar-refractivity contribution >= 4 is 11.9 Å². The van der Waals surface area contributed by atoms with Gasteiger partial charge in [0.05, 0.1) is 12.3 Å². The Morgan fingerprint density at radius 1 is 1.56 bits per heavy atom. The van der Waals surface area contributed by atoms with Gasteiger partial charge in [-0.05, 0) is 12.8 Å². The van der Waals surface area contributed by atoms with Crippen molar-refractivity contribution in [3.63, 3.8) is 0 Å². The topological polar surface area (TPSA) is 84.3 Å². The van der Waals surface area contributed by atoms with Crippen molar-refractivity contribution in [2.75, 3.05) is 12.4 Å². The maximum absolute atomic E-state index is 11.0. The Morgan fingerprint density at radius 2 is 2.28 bits per heavy atom. The van der Waals surface area contributed by atoms with E-state index in [4.69, 9.17) is 9.84 Å². The first-order valence-corrected chi connectivity index (χ1v) is 6.05. The first-order chi connectivity index (χ1) is 8.70. The van der Waals surface area contributed by atoms with E-state index in [1.54, 1.807) is 0 Å². The number of rotatable bonds is 5. The van der Waals surface area contributed by atoms with Gasteiger partial charge in [0.25, 0.3) is 0 Å². The number of nitrogens with zero attached hydrogens (tertiary/aromatic N) is 2. The van der Waals surface area contributed by atoms with Gasteiger partial charge in [-0.1, -0.05) is 12.8 Å². The van der Waals surface area contributed by atoms with Crippen LogP contribution in [0, 0.1) is 0 Å². The molecule has 1 aliphatic rings. The first-order valence-electron chi connectivity index (χ1n) is 6.05. The Hall–Kier alpha value is -1.69. The van der Waals surface area contributed by atoms with Crippen LogP contribution in [-0.4, -0.2) is 34.2 Å². The lowest BCUT2D eigenvalue weighted by Gasteiger charge is -2.13. The van der Waals surface area contributed by atoms with Crippen molar-refractivity contribution in [1.29, 1.82) is 0 Å².